The minimum absolute atomic E-state index is 0.0881. The van der Waals surface area contributed by atoms with Gasteiger partial charge in [0, 0.05) is 13.0 Å². The van der Waals surface area contributed by atoms with Gasteiger partial charge in [0.05, 0.1) is 29.7 Å². The maximum atomic E-state index is 14.5. The van der Waals surface area contributed by atoms with Crippen LogP contribution in [0.15, 0.2) is 67.3 Å². The Morgan fingerprint density at radius 2 is 1.84 bits per heavy atom. The highest BCUT2D eigenvalue weighted by Gasteiger charge is 2.52. The molecule has 3 amide bonds. The van der Waals surface area contributed by atoms with E-state index in [1.54, 1.807) is 19.3 Å². The van der Waals surface area contributed by atoms with Crippen LogP contribution in [0, 0.1) is 11.7 Å². The minimum atomic E-state index is -1.36. The number of hydrogen-bond acceptors (Lipinski definition) is 8. The van der Waals surface area contributed by atoms with E-state index in [9.17, 15) is 23.9 Å². The van der Waals surface area contributed by atoms with Gasteiger partial charge in [-0.05, 0) is 43.0 Å². The van der Waals surface area contributed by atoms with E-state index >= 15 is 0 Å². The molecule has 2 aromatic carbocycles. The molecule has 4 aromatic rings. The van der Waals surface area contributed by atoms with Crippen molar-refractivity contribution < 1.29 is 33.4 Å². The van der Waals surface area contributed by atoms with E-state index in [1.807, 2.05) is 41.0 Å². The van der Waals surface area contributed by atoms with Crippen molar-refractivity contribution in [2.45, 2.75) is 44.3 Å². The molecule has 1 aliphatic carbocycles. The molecule has 1 saturated heterocycles. The van der Waals surface area contributed by atoms with E-state index in [-0.39, 0.29) is 29.8 Å². The molecule has 1 aliphatic heterocycles. The highest BCUT2D eigenvalue weighted by atomic mass is 19.1. The van der Waals surface area contributed by atoms with Gasteiger partial charge in [-0.15, -0.1) is 0 Å². The largest absolute Gasteiger partial charge is 0.478 e. The van der Waals surface area contributed by atoms with Gasteiger partial charge in [-0.25, -0.2) is 28.9 Å². The van der Waals surface area contributed by atoms with Gasteiger partial charge >= 0.3 is 12.0 Å². The van der Waals surface area contributed by atoms with E-state index in [4.69, 9.17) is 9.47 Å². The summed E-state index contributed by atoms with van der Waals surface area (Å²) in [5.41, 5.74) is 1.05. The summed E-state index contributed by atoms with van der Waals surface area (Å²) in [5, 5.41) is 17.3. The van der Waals surface area contributed by atoms with Gasteiger partial charge in [-0.3, -0.25) is 10.1 Å². The average Bonchev–Trinajstić information content (AvgIpc) is 3.72. The van der Waals surface area contributed by atoms with Gasteiger partial charge in [-0.2, -0.15) is 0 Å². The van der Waals surface area contributed by atoms with Crippen LogP contribution in [0.5, 0.6) is 0 Å². The normalized spacial score (nSPS) is 22.4. The van der Waals surface area contributed by atoms with Gasteiger partial charge < -0.3 is 29.8 Å². The first kappa shape index (κ1) is 29.8. The topological polar surface area (TPSA) is 170 Å². The molecular weight excluding hydrogens is 585 g/mol. The SMILES string of the molecule is CCNC(=O)Nc1ncnc2c1ncn2C1CC(CC(=O)Nc2c(F)cccc2C(=O)O)C2O[C@H](C=Cc3ccccc3)OC21. The summed E-state index contributed by atoms with van der Waals surface area (Å²) in [7, 11) is 0. The van der Waals surface area contributed by atoms with Gasteiger partial charge in [0.1, 0.15) is 18.2 Å². The third-order valence-corrected chi connectivity index (χ3v) is 7.78. The van der Waals surface area contributed by atoms with Crippen LogP contribution >= 0.6 is 0 Å². The molecule has 2 fully saturated rings. The summed E-state index contributed by atoms with van der Waals surface area (Å²) >= 11 is 0. The Labute approximate surface area is 256 Å². The number of hydrogen-bond donors (Lipinski definition) is 4. The number of carbonyl (C=O) groups excluding carboxylic acids is 2. The quantitative estimate of drug-likeness (QED) is 0.215. The van der Waals surface area contributed by atoms with Crippen LogP contribution in [0.2, 0.25) is 0 Å². The molecule has 5 atom stereocenters. The molecule has 13 nitrogen and oxygen atoms in total. The Balaban J connectivity index is 1.27. The molecule has 2 aromatic heterocycles. The van der Waals surface area contributed by atoms with Crippen LogP contribution in [0.1, 0.15) is 41.7 Å². The fourth-order valence-corrected chi connectivity index (χ4v) is 5.84. The minimum Gasteiger partial charge on any atom is -0.478 e. The first-order valence-electron chi connectivity index (χ1n) is 14.4. The number of para-hydroxylation sites is 1. The standard InChI is InChI=1S/C31H30FN7O6/c1-2-33-31(43)38-28-25-29(35-15-34-28)39(16-36-25)21-13-18(14-22(40)37-24-19(30(41)42)9-6-10-20(24)32)26-27(21)45-23(44-26)12-11-17-7-4-3-5-8-17/h3-12,15-16,18,21,23,26-27H,2,13-14H2,1H3,(H,37,40)(H,41,42)(H2,33,34,35,38,43)/t18?,21?,23-,26?,27?/m0/s1. The van der Waals surface area contributed by atoms with Crippen LogP contribution in [0.3, 0.4) is 0 Å². The zero-order chi connectivity index (χ0) is 31.5. The van der Waals surface area contributed by atoms with Crippen LogP contribution in [-0.2, 0) is 14.3 Å². The van der Waals surface area contributed by atoms with Crippen LogP contribution in [0.25, 0.3) is 17.2 Å². The summed E-state index contributed by atoms with van der Waals surface area (Å²) in [6.45, 7) is 2.23. The van der Waals surface area contributed by atoms with Crippen molar-refractivity contribution >= 4 is 46.7 Å². The number of anilines is 2. The van der Waals surface area contributed by atoms with Crippen LogP contribution in [-0.4, -0.2) is 67.6 Å². The molecule has 3 heterocycles. The molecular formula is C31H30FN7O6. The van der Waals surface area contributed by atoms with Crippen molar-refractivity contribution in [3.05, 3.63) is 84.2 Å². The second-order valence-corrected chi connectivity index (χ2v) is 10.7. The zero-order valence-electron chi connectivity index (χ0n) is 24.1. The number of imidazole rings is 1. The first-order valence-corrected chi connectivity index (χ1v) is 14.4. The van der Waals surface area contributed by atoms with E-state index in [0.717, 1.165) is 11.6 Å². The van der Waals surface area contributed by atoms with Crippen molar-refractivity contribution in [2.75, 3.05) is 17.2 Å². The average molecular weight is 616 g/mol. The predicted octanol–water partition coefficient (Wildman–Crippen LogP) is 4.22. The lowest BCUT2D eigenvalue weighted by atomic mass is 10.0. The van der Waals surface area contributed by atoms with Crippen molar-refractivity contribution in [3.8, 4) is 0 Å². The van der Waals surface area contributed by atoms with E-state index < -0.39 is 47.9 Å². The number of aromatic carboxylic acids is 1. The number of carboxylic acid groups (broad SMARTS) is 1. The summed E-state index contributed by atoms with van der Waals surface area (Å²) in [6, 6.07) is 12.4. The number of benzene rings is 2. The molecule has 45 heavy (non-hydrogen) atoms. The highest BCUT2D eigenvalue weighted by Crippen LogP contribution is 2.46. The lowest BCUT2D eigenvalue weighted by molar-refractivity contribution is -0.118. The fraction of sp³-hybridized carbons (Fsp3) is 0.290. The second kappa shape index (κ2) is 12.8. The third-order valence-electron chi connectivity index (χ3n) is 7.78. The Morgan fingerprint density at radius 3 is 2.62 bits per heavy atom. The van der Waals surface area contributed by atoms with Crippen LogP contribution < -0.4 is 16.0 Å². The molecule has 4 N–H and O–H groups in total. The van der Waals surface area contributed by atoms with Gasteiger partial charge in [-0.1, -0.05) is 42.5 Å². The summed E-state index contributed by atoms with van der Waals surface area (Å²) in [6.07, 6.45) is 5.16. The zero-order valence-corrected chi connectivity index (χ0v) is 24.1. The highest BCUT2D eigenvalue weighted by molar-refractivity contribution is 6.00. The fourth-order valence-electron chi connectivity index (χ4n) is 5.84. The summed E-state index contributed by atoms with van der Waals surface area (Å²) < 4.78 is 29.0. The Hall–Kier alpha value is -5.21. The first-order chi connectivity index (χ1) is 21.8. The molecule has 232 valence electrons. The summed E-state index contributed by atoms with van der Waals surface area (Å²) in [4.78, 5) is 50.1. The van der Waals surface area contributed by atoms with Crippen molar-refractivity contribution in [1.29, 1.82) is 0 Å². The molecule has 0 spiro atoms. The lowest BCUT2D eigenvalue weighted by Crippen LogP contribution is -2.29. The van der Waals surface area contributed by atoms with E-state index in [1.165, 1.54) is 18.5 Å². The molecule has 0 radical (unpaired) electrons. The molecule has 1 saturated carbocycles. The predicted molar refractivity (Wildman–Crippen MR) is 161 cm³/mol. The number of nitrogens with zero attached hydrogens (tertiary/aromatic N) is 4. The molecule has 14 heteroatoms. The number of aromatic nitrogens is 4. The number of rotatable bonds is 9. The molecule has 4 unspecified atom stereocenters. The Kier molecular flexibility index (Phi) is 8.49. The number of carbonyl (C=O) groups is 3. The number of ether oxygens (including phenoxy) is 2. The van der Waals surface area contributed by atoms with Crippen molar-refractivity contribution in [2.24, 2.45) is 5.92 Å². The number of halogens is 1. The number of nitrogens with one attached hydrogen (secondary N) is 3. The number of fused-ring (bicyclic) bond motifs is 2. The Bertz CT molecular complexity index is 1760. The van der Waals surface area contributed by atoms with Gasteiger partial charge in [0.25, 0.3) is 0 Å². The van der Waals surface area contributed by atoms with Crippen molar-refractivity contribution in [3.63, 3.8) is 0 Å². The third kappa shape index (κ3) is 6.23. The van der Waals surface area contributed by atoms with Crippen LogP contribution in [0.4, 0.5) is 20.7 Å². The van der Waals surface area contributed by atoms with E-state index in [0.29, 0.717) is 24.1 Å². The van der Waals surface area contributed by atoms with Crippen molar-refractivity contribution in [1.82, 2.24) is 24.8 Å². The monoisotopic (exact) mass is 615 g/mol. The maximum Gasteiger partial charge on any atom is 0.337 e. The molecule has 0 bridgehead atoms. The van der Waals surface area contributed by atoms with Gasteiger partial charge in [0.15, 0.2) is 23.3 Å². The number of urea groups is 1. The summed E-state index contributed by atoms with van der Waals surface area (Å²) in [5.74, 6) is -2.92. The van der Waals surface area contributed by atoms with Gasteiger partial charge in [0.2, 0.25) is 5.91 Å². The lowest BCUT2D eigenvalue weighted by Gasteiger charge is -2.19. The second-order valence-electron chi connectivity index (χ2n) is 10.7. The Morgan fingerprint density at radius 1 is 1.04 bits per heavy atom. The number of amides is 3. The molecule has 6 rings (SSSR count). The molecule has 2 aliphatic rings. The maximum absolute atomic E-state index is 14.5. The number of carboxylic acids is 1. The van der Waals surface area contributed by atoms with E-state index in [2.05, 4.69) is 30.9 Å². The smallest absolute Gasteiger partial charge is 0.337 e.